The molecular weight excluding hydrogens is 406 g/mol. The Balaban J connectivity index is 1.33. The number of nitrogens with one attached hydrogen (secondary N) is 2. The van der Waals surface area contributed by atoms with Crippen LogP contribution in [0.3, 0.4) is 0 Å². The fourth-order valence-electron chi connectivity index (χ4n) is 3.75. The monoisotopic (exact) mass is 431 g/mol. The van der Waals surface area contributed by atoms with E-state index in [-0.39, 0.29) is 29.7 Å². The summed E-state index contributed by atoms with van der Waals surface area (Å²) in [5, 5.41) is 14.5. The lowest BCUT2D eigenvalue weighted by Gasteiger charge is -2.31. The molecule has 160 valence electrons. The molecule has 0 spiro atoms. The first-order valence-electron chi connectivity index (χ1n) is 9.93. The highest BCUT2D eigenvalue weighted by atomic mass is 32.2. The molecule has 9 heteroatoms. The number of morpholine rings is 1. The standard InChI is InChI=1S/C21H25N3O5S/c25-14-16-3-1-15(2-4-16)11-22-21(26)23-17-5-9-20(10-6-17)30(27,28)24-12-18-7-8-19(13-24)29-18/h1-6,9-10,18-19,25H,7-8,11-14H2,(H2,22,23,26). The lowest BCUT2D eigenvalue weighted by Crippen LogP contribution is -2.45. The third kappa shape index (κ3) is 4.65. The Morgan fingerprint density at radius 3 is 2.20 bits per heavy atom. The van der Waals surface area contributed by atoms with E-state index in [1.165, 1.54) is 16.4 Å². The molecule has 4 rings (SSSR count). The van der Waals surface area contributed by atoms with Crippen LogP contribution in [0.25, 0.3) is 0 Å². The lowest BCUT2D eigenvalue weighted by molar-refractivity contribution is -0.0114. The highest BCUT2D eigenvalue weighted by molar-refractivity contribution is 7.89. The van der Waals surface area contributed by atoms with Crippen molar-refractivity contribution in [3.8, 4) is 0 Å². The second kappa shape index (κ2) is 8.73. The Labute approximate surface area is 175 Å². The minimum atomic E-state index is -3.58. The first kappa shape index (κ1) is 20.8. The molecule has 2 bridgehead atoms. The van der Waals surface area contributed by atoms with Crippen molar-refractivity contribution < 1.29 is 23.1 Å². The van der Waals surface area contributed by atoms with Gasteiger partial charge in [-0.15, -0.1) is 0 Å². The van der Waals surface area contributed by atoms with Crippen LogP contribution in [0.4, 0.5) is 10.5 Å². The van der Waals surface area contributed by atoms with Gasteiger partial charge >= 0.3 is 6.03 Å². The van der Waals surface area contributed by atoms with Gasteiger partial charge in [0.05, 0.1) is 23.7 Å². The van der Waals surface area contributed by atoms with Gasteiger partial charge in [0.25, 0.3) is 0 Å². The van der Waals surface area contributed by atoms with Gasteiger partial charge in [-0.25, -0.2) is 13.2 Å². The summed E-state index contributed by atoms with van der Waals surface area (Å²) in [6.45, 7) is 1.09. The number of benzene rings is 2. The van der Waals surface area contributed by atoms with Crippen molar-refractivity contribution in [2.75, 3.05) is 18.4 Å². The van der Waals surface area contributed by atoms with Crippen molar-refractivity contribution in [1.82, 2.24) is 9.62 Å². The van der Waals surface area contributed by atoms with Crippen molar-refractivity contribution in [3.63, 3.8) is 0 Å². The molecule has 2 amide bonds. The molecule has 8 nitrogen and oxygen atoms in total. The number of anilines is 1. The molecule has 30 heavy (non-hydrogen) atoms. The Morgan fingerprint density at radius 1 is 1.00 bits per heavy atom. The zero-order valence-electron chi connectivity index (χ0n) is 16.5. The number of aliphatic hydroxyl groups is 1. The molecule has 2 aromatic carbocycles. The van der Waals surface area contributed by atoms with Crippen molar-refractivity contribution in [1.29, 1.82) is 0 Å². The second-order valence-corrected chi connectivity index (χ2v) is 9.52. The van der Waals surface area contributed by atoms with Crippen molar-refractivity contribution in [2.24, 2.45) is 0 Å². The van der Waals surface area contributed by atoms with Gasteiger partial charge in [0, 0.05) is 25.3 Å². The van der Waals surface area contributed by atoms with E-state index in [0.717, 1.165) is 24.0 Å². The fourth-order valence-corrected chi connectivity index (χ4v) is 5.26. The van der Waals surface area contributed by atoms with E-state index >= 15 is 0 Å². The number of carbonyl (C=O) groups excluding carboxylic acids is 1. The molecular formula is C21H25N3O5S. The van der Waals surface area contributed by atoms with Crippen LogP contribution in [0.15, 0.2) is 53.4 Å². The minimum Gasteiger partial charge on any atom is -0.392 e. The third-order valence-electron chi connectivity index (χ3n) is 5.42. The van der Waals surface area contributed by atoms with Crippen molar-refractivity contribution >= 4 is 21.7 Å². The van der Waals surface area contributed by atoms with Crippen molar-refractivity contribution in [2.45, 2.75) is 43.1 Å². The molecule has 3 N–H and O–H groups in total. The molecule has 2 saturated heterocycles. The SMILES string of the molecule is O=C(NCc1ccc(CO)cc1)Nc1ccc(S(=O)(=O)N2CC3CCC(C2)O3)cc1. The number of rotatable bonds is 6. The number of nitrogens with zero attached hydrogens (tertiary/aromatic N) is 1. The average Bonchev–Trinajstić information content (AvgIpc) is 3.10. The lowest BCUT2D eigenvalue weighted by atomic mass is 10.1. The van der Waals surface area contributed by atoms with Gasteiger partial charge in [-0.1, -0.05) is 24.3 Å². The van der Waals surface area contributed by atoms with Gasteiger partial charge in [0.1, 0.15) is 0 Å². The van der Waals surface area contributed by atoms with Gasteiger partial charge in [-0.3, -0.25) is 0 Å². The highest BCUT2D eigenvalue weighted by Gasteiger charge is 2.39. The van der Waals surface area contributed by atoms with Crippen LogP contribution in [-0.2, 0) is 27.9 Å². The summed E-state index contributed by atoms with van der Waals surface area (Å²) in [5.41, 5.74) is 2.22. The molecule has 0 aliphatic carbocycles. The van der Waals surface area contributed by atoms with Gasteiger partial charge in [0.15, 0.2) is 0 Å². The Morgan fingerprint density at radius 2 is 1.60 bits per heavy atom. The molecule has 2 aliphatic rings. The van der Waals surface area contributed by atoms with Crippen LogP contribution in [0.2, 0.25) is 0 Å². The molecule has 2 unspecified atom stereocenters. The number of ether oxygens (including phenoxy) is 1. The smallest absolute Gasteiger partial charge is 0.319 e. The Bertz CT molecular complexity index is 980. The maximum absolute atomic E-state index is 12.9. The van der Waals surface area contributed by atoms with Gasteiger partial charge in [-0.05, 0) is 48.2 Å². The fraction of sp³-hybridized carbons (Fsp3) is 0.381. The Hall–Kier alpha value is -2.46. The van der Waals surface area contributed by atoms with E-state index in [0.29, 0.717) is 25.3 Å². The number of carbonyl (C=O) groups is 1. The Kier molecular flexibility index (Phi) is 6.05. The van der Waals surface area contributed by atoms with Crippen molar-refractivity contribution in [3.05, 3.63) is 59.7 Å². The average molecular weight is 432 g/mol. The summed E-state index contributed by atoms with van der Waals surface area (Å²) in [7, 11) is -3.58. The van der Waals surface area contributed by atoms with Gasteiger partial charge < -0.3 is 20.5 Å². The van der Waals surface area contributed by atoms with Crippen LogP contribution in [0.5, 0.6) is 0 Å². The molecule has 0 aromatic heterocycles. The van der Waals surface area contributed by atoms with E-state index in [1.54, 1.807) is 24.3 Å². The number of amides is 2. The molecule has 0 radical (unpaired) electrons. The summed E-state index contributed by atoms with van der Waals surface area (Å²) >= 11 is 0. The van der Waals surface area contributed by atoms with E-state index in [9.17, 15) is 13.2 Å². The first-order chi connectivity index (χ1) is 14.4. The predicted molar refractivity (Wildman–Crippen MR) is 111 cm³/mol. The largest absolute Gasteiger partial charge is 0.392 e. The molecule has 2 atom stereocenters. The van der Waals surface area contributed by atoms with E-state index < -0.39 is 10.0 Å². The quantitative estimate of drug-likeness (QED) is 0.649. The predicted octanol–water partition coefficient (Wildman–Crippen LogP) is 2.05. The number of hydrogen-bond acceptors (Lipinski definition) is 5. The summed E-state index contributed by atoms with van der Waals surface area (Å²) in [5.74, 6) is 0. The van der Waals surface area contributed by atoms with Gasteiger partial charge in [-0.2, -0.15) is 4.31 Å². The van der Waals surface area contributed by atoms with Crippen LogP contribution < -0.4 is 10.6 Å². The first-order valence-corrected chi connectivity index (χ1v) is 11.4. The van der Waals surface area contributed by atoms with Crippen LogP contribution in [-0.4, -0.2) is 49.2 Å². The van der Waals surface area contributed by atoms with Crippen LogP contribution in [0, 0.1) is 0 Å². The third-order valence-corrected chi connectivity index (χ3v) is 7.26. The normalized spacial score (nSPS) is 21.4. The zero-order chi connectivity index (χ0) is 21.1. The van der Waals surface area contributed by atoms with Crippen LogP contribution in [0.1, 0.15) is 24.0 Å². The van der Waals surface area contributed by atoms with E-state index in [4.69, 9.17) is 9.84 Å². The van der Waals surface area contributed by atoms with Gasteiger partial charge in [0.2, 0.25) is 10.0 Å². The topological polar surface area (TPSA) is 108 Å². The van der Waals surface area contributed by atoms with E-state index in [2.05, 4.69) is 10.6 Å². The molecule has 2 aromatic rings. The molecule has 0 saturated carbocycles. The molecule has 2 aliphatic heterocycles. The van der Waals surface area contributed by atoms with Crippen LogP contribution >= 0.6 is 0 Å². The summed E-state index contributed by atoms with van der Waals surface area (Å²) in [6, 6.07) is 13.1. The highest BCUT2D eigenvalue weighted by Crippen LogP contribution is 2.30. The number of fused-ring (bicyclic) bond motifs is 2. The maximum Gasteiger partial charge on any atom is 0.319 e. The van der Waals surface area contributed by atoms with E-state index in [1.807, 2.05) is 12.1 Å². The number of aliphatic hydroxyl groups excluding tert-OH is 1. The zero-order valence-corrected chi connectivity index (χ0v) is 17.3. The summed E-state index contributed by atoms with van der Waals surface area (Å²) in [4.78, 5) is 12.3. The number of sulfonamides is 1. The summed E-state index contributed by atoms with van der Waals surface area (Å²) < 4.78 is 33.0. The number of hydrogen-bond donors (Lipinski definition) is 3. The molecule has 2 heterocycles. The molecule has 2 fully saturated rings. The minimum absolute atomic E-state index is 0.0111. The second-order valence-electron chi connectivity index (χ2n) is 7.59. The summed E-state index contributed by atoms with van der Waals surface area (Å²) in [6.07, 6.45) is 1.78. The number of urea groups is 1. The maximum atomic E-state index is 12.9.